The van der Waals surface area contributed by atoms with E-state index in [1.54, 1.807) is 13.3 Å². The van der Waals surface area contributed by atoms with Crippen LogP contribution in [0.15, 0.2) is 17.1 Å². The first kappa shape index (κ1) is 15.7. The van der Waals surface area contributed by atoms with Gasteiger partial charge >= 0.3 is 0 Å². The highest BCUT2D eigenvalue weighted by atomic mass is 16.5. The summed E-state index contributed by atoms with van der Waals surface area (Å²) in [5.74, 6) is 0.487. The van der Waals surface area contributed by atoms with Gasteiger partial charge in [-0.3, -0.25) is 4.79 Å². The van der Waals surface area contributed by atoms with E-state index < -0.39 is 0 Å². The number of rotatable bonds is 8. The zero-order chi connectivity index (χ0) is 14.3. The van der Waals surface area contributed by atoms with Crippen LogP contribution in [0.2, 0.25) is 0 Å². The van der Waals surface area contributed by atoms with E-state index in [4.69, 9.17) is 15.2 Å². The molecule has 1 heterocycles. The average molecular weight is 269 g/mol. The third-order valence-corrected chi connectivity index (χ3v) is 2.94. The van der Waals surface area contributed by atoms with Crippen molar-refractivity contribution >= 4 is 0 Å². The molecule has 1 aromatic rings. The molecule has 0 aromatic carbocycles. The summed E-state index contributed by atoms with van der Waals surface area (Å²) in [6, 6.07) is 1.45. The van der Waals surface area contributed by atoms with Gasteiger partial charge in [-0.15, -0.1) is 0 Å². The lowest BCUT2D eigenvalue weighted by Gasteiger charge is -2.22. The number of hydrogen-bond donors (Lipinski definition) is 1. The highest BCUT2D eigenvalue weighted by Gasteiger charge is 2.16. The van der Waals surface area contributed by atoms with Crippen LogP contribution in [0.5, 0.6) is 5.75 Å². The van der Waals surface area contributed by atoms with Gasteiger partial charge in [0.15, 0.2) is 0 Å². The normalized spacial score (nSPS) is 11.6. The predicted molar refractivity (Wildman–Crippen MR) is 73.4 cm³/mol. The highest BCUT2D eigenvalue weighted by Crippen LogP contribution is 2.13. The molecule has 0 atom stereocenters. The van der Waals surface area contributed by atoms with Crippen molar-refractivity contribution in [1.29, 1.82) is 0 Å². The molecule has 0 unspecified atom stereocenters. The molecule has 0 bridgehead atoms. The minimum absolute atomic E-state index is 0.169. The van der Waals surface area contributed by atoms with Crippen molar-refractivity contribution in [2.75, 3.05) is 20.3 Å². The number of aromatic nitrogens is 2. The minimum Gasteiger partial charge on any atom is -0.492 e. The fourth-order valence-electron chi connectivity index (χ4n) is 1.41. The average Bonchev–Trinajstić information content (AvgIpc) is 2.38. The molecule has 0 amide bonds. The first-order valence-electron chi connectivity index (χ1n) is 6.44. The third-order valence-electron chi connectivity index (χ3n) is 2.94. The Bertz CT molecular complexity index is 443. The van der Waals surface area contributed by atoms with Gasteiger partial charge in [-0.05, 0) is 33.2 Å². The summed E-state index contributed by atoms with van der Waals surface area (Å²) in [5, 5.41) is 4.09. The van der Waals surface area contributed by atoms with E-state index in [1.807, 2.05) is 13.8 Å². The molecular weight excluding hydrogens is 246 g/mol. The largest absolute Gasteiger partial charge is 0.492 e. The van der Waals surface area contributed by atoms with Crippen LogP contribution < -0.4 is 16.0 Å². The molecule has 6 heteroatoms. The van der Waals surface area contributed by atoms with E-state index in [0.29, 0.717) is 31.9 Å². The van der Waals surface area contributed by atoms with Gasteiger partial charge in [-0.2, -0.15) is 5.10 Å². The number of methoxy groups -OCH3 is 1. The summed E-state index contributed by atoms with van der Waals surface area (Å²) in [5.41, 5.74) is 4.93. The van der Waals surface area contributed by atoms with Crippen molar-refractivity contribution in [3.63, 3.8) is 0 Å². The molecule has 0 saturated carbocycles. The standard InChI is InChI=1S/C13H23N3O3/c1-13(2,18-3)5-7-16-12(17)9-11(10-15-16)19-8-4-6-14/h9-10H,4-8,14H2,1-3H3. The second-order valence-corrected chi connectivity index (χ2v) is 4.96. The van der Waals surface area contributed by atoms with Crippen molar-refractivity contribution in [2.45, 2.75) is 38.8 Å². The maximum absolute atomic E-state index is 11.8. The molecule has 1 aromatic heterocycles. The van der Waals surface area contributed by atoms with Crippen LogP contribution in [-0.4, -0.2) is 35.6 Å². The minimum atomic E-state index is -0.266. The lowest BCUT2D eigenvalue weighted by atomic mass is 10.1. The van der Waals surface area contributed by atoms with Gasteiger partial charge in [0.25, 0.3) is 5.56 Å². The predicted octanol–water partition coefficient (Wildman–Crippen LogP) is 0.786. The Balaban J connectivity index is 2.60. The number of nitrogens with zero attached hydrogens (tertiary/aromatic N) is 2. The molecule has 0 aliphatic heterocycles. The summed E-state index contributed by atoms with van der Waals surface area (Å²) in [7, 11) is 1.66. The summed E-state index contributed by atoms with van der Waals surface area (Å²) in [6.07, 6.45) is 3.02. The van der Waals surface area contributed by atoms with E-state index in [-0.39, 0.29) is 11.2 Å². The van der Waals surface area contributed by atoms with Crippen molar-refractivity contribution < 1.29 is 9.47 Å². The summed E-state index contributed by atoms with van der Waals surface area (Å²) >= 11 is 0. The van der Waals surface area contributed by atoms with Gasteiger partial charge in [-0.25, -0.2) is 4.68 Å². The second kappa shape index (κ2) is 7.25. The van der Waals surface area contributed by atoms with Crippen molar-refractivity contribution in [2.24, 2.45) is 5.73 Å². The van der Waals surface area contributed by atoms with Gasteiger partial charge < -0.3 is 15.2 Å². The second-order valence-electron chi connectivity index (χ2n) is 4.96. The molecule has 0 radical (unpaired) electrons. The van der Waals surface area contributed by atoms with Crippen LogP contribution in [0.3, 0.4) is 0 Å². The molecule has 108 valence electrons. The topological polar surface area (TPSA) is 79.4 Å². The van der Waals surface area contributed by atoms with Crippen molar-refractivity contribution in [1.82, 2.24) is 9.78 Å². The smallest absolute Gasteiger partial charge is 0.270 e. The molecule has 1 rings (SSSR count). The maximum Gasteiger partial charge on any atom is 0.270 e. The Morgan fingerprint density at radius 2 is 2.21 bits per heavy atom. The Kier molecular flexibility index (Phi) is 5.98. The number of ether oxygens (including phenoxy) is 2. The first-order valence-corrected chi connectivity index (χ1v) is 6.44. The molecular formula is C13H23N3O3. The molecule has 2 N–H and O–H groups in total. The van der Waals surface area contributed by atoms with E-state index in [0.717, 1.165) is 6.42 Å². The van der Waals surface area contributed by atoms with Crippen LogP contribution in [-0.2, 0) is 11.3 Å². The summed E-state index contributed by atoms with van der Waals surface area (Å²) < 4.78 is 12.1. The first-order chi connectivity index (χ1) is 8.98. The van der Waals surface area contributed by atoms with Gasteiger partial charge in [0.1, 0.15) is 5.75 Å². The number of hydrogen-bond acceptors (Lipinski definition) is 5. The quantitative estimate of drug-likeness (QED) is 0.706. The van der Waals surface area contributed by atoms with Crippen LogP contribution >= 0.6 is 0 Å². The molecule has 0 fully saturated rings. The highest BCUT2D eigenvalue weighted by molar-refractivity contribution is 5.13. The van der Waals surface area contributed by atoms with E-state index >= 15 is 0 Å². The molecule has 19 heavy (non-hydrogen) atoms. The Hall–Kier alpha value is -1.40. The Labute approximate surface area is 113 Å². The van der Waals surface area contributed by atoms with E-state index in [9.17, 15) is 4.79 Å². The molecule has 0 saturated heterocycles. The van der Waals surface area contributed by atoms with Gasteiger partial charge in [0, 0.05) is 19.7 Å². The fraction of sp³-hybridized carbons (Fsp3) is 0.692. The summed E-state index contributed by atoms with van der Waals surface area (Å²) in [4.78, 5) is 11.8. The Morgan fingerprint density at radius 1 is 1.47 bits per heavy atom. The van der Waals surface area contributed by atoms with Crippen LogP contribution in [0.1, 0.15) is 26.7 Å². The van der Waals surface area contributed by atoms with Crippen LogP contribution in [0.25, 0.3) is 0 Å². The third kappa shape index (κ3) is 5.40. The van der Waals surface area contributed by atoms with Crippen molar-refractivity contribution in [3.05, 3.63) is 22.6 Å². The van der Waals surface area contributed by atoms with Crippen LogP contribution in [0, 0.1) is 0 Å². The van der Waals surface area contributed by atoms with Crippen molar-refractivity contribution in [3.8, 4) is 5.75 Å². The fourth-order valence-corrected chi connectivity index (χ4v) is 1.41. The monoisotopic (exact) mass is 269 g/mol. The van der Waals surface area contributed by atoms with Gasteiger partial charge in [0.05, 0.1) is 18.4 Å². The zero-order valence-electron chi connectivity index (χ0n) is 11.9. The van der Waals surface area contributed by atoms with E-state index in [1.165, 1.54) is 10.7 Å². The van der Waals surface area contributed by atoms with Crippen LogP contribution in [0.4, 0.5) is 0 Å². The van der Waals surface area contributed by atoms with Gasteiger partial charge in [0.2, 0.25) is 0 Å². The van der Waals surface area contributed by atoms with Gasteiger partial charge in [-0.1, -0.05) is 0 Å². The molecule has 0 aliphatic carbocycles. The number of nitrogens with two attached hydrogens (primary N) is 1. The molecule has 0 aliphatic rings. The lowest BCUT2D eigenvalue weighted by Crippen LogP contribution is -2.29. The number of aryl methyl sites for hydroxylation is 1. The Morgan fingerprint density at radius 3 is 2.79 bits per heavy atom. The maximum atomic E-state index is 11.8. The van der Waals surface area contributed by atoms with E-state index in [2.05, 4.69) is 5.10 Å². The lowest BCUT2D eigenvalue weighted by molar-refractivity contribution is 0.0110. The molecule has 0 spiro atoms. The SMILES string of the molecule is COC(C)(C)CCn1ncc(OCCCN)cc1=O. The zero-order valence-corrected chi connectivity index (χ0v) is 11.9. The summed E-state index contributed by atoms with van der Waals surface area (Å²) in [6.45, 7) is 5.53. The molecule has 6 nitrogen and oxygen atoms in total.